The molecule has 0 radical (unpaired) electrons. The molecule has 2 aromatic carbocycles. The molecule has 2 aliphatic rings. The Hall–Kier alpha value is -2.32. The predicted molar refractivity (Wildman–Crippen MR) is 89.2 cm³/mol. The highest BCUT2D eigenvalue weighted by Gasteiger charge is 2.55. The van der Waals surface area contributed by atoms with E-state index in [4.69, 9.17) is 9.15 Å². The first-order valence-corrected chi connectivity index (χ1v) is 8.09. The number of rotatable bonds is 1. The van der Waals surface area contributed by atoms with Gasteiger partial charge in [-0.2, -0.15) is 0 Å². The third-order valence-corrected chi connectivity index (χ3v) is 5.27. The van der Waals surface area contributed by atoms with Crippen LogP contribution in [0.3, 0.4) is 0 Å². The Morgan fingerprint density at radius 3 is 2.35 bits per heavy atom. The second kappa shape index (κ2) is 4.15. The van der Waals surface area contributed by atoms with Gasteiger partial charge in [-0.25, -0.2) is 0 Å². The molecule has 2 nitrogen and oxygen atoms in total. The minimum atomic E-state index is -0.494. The van der Waals surface area contributed by atoms with Gasteiger partial charge in [0, 0.05) is 17.5 Å². The Kier molecular flexibility index (Phi) is 2.37. The molecule has 5 rings (SSSR count). The minimum absolute atomic E-state index is 0.268. The van der Waals surface area contributed by atoms with Crippen LogP contribution < -0.4 is 0 Å². The van der Waals surface area contributed by atoms with Crippen LogP contribution in [0.4, 0.5) is 0 Å². The van der Waals surface area contributed by atoms with Crippen LogP contribution in [0.2, 0.25) is 0 Å². The van der Waals surface area contributed by atoms with E-state index in [1.807, 2.05) is 18.2 Å². The van der Waals surface area contributed by atoms with Gasteiger partial charge in [-0.15, -0.1) is 0 Å². The zero-order valence-corrected chi connectivity index (χ0v) is 13.3. The standard InChI is InChI=1S/C21H18O2/c1-20-13-15-12-18(14-8-4-3-5-9-14)22-19(15)21(2,23-20)17-11-7-6-10-16(17)20/h3-12H,13H2,1-2H3. The second-order valence-electron chi connectivity index (χ2n) is 6.92. The SMILES string of the molecule is CC12Cc3cc(-c4ccccc4)oc3C(C)(O1)c1ccccc12. The summed E-state index contributed by atoms with van der Waals surface area (Å²) in [5, 5.41) is 0. The molecular weight excluding hydrogens is 284 g/mol. The zero-order valence-electron chi connectivity index (χ0n) is 13.3. The van der Waals surface area contributed by atoms with E-state index >= 15 is 0 Å². The molecule has 0 aliphatic carbocycles. The summed E-state index contributed by atoms with van der Waals surface area (Å²) in [5.74, 6) is 1.88. The van der Waals surface area contributed by atoms with Gasteiger partial charge in [0.05, 0.1) is 5.60 Å². The molecule has 114 valence electrons. The van der Waals surface area contributed by atoms with Crippen LogP contribution in [0, 0.1) is 0 Å². The van der Waals surface area contributed by atoms with Gasteiger partial charge in [0.2, 0.25) is 0 Å². The Labute approximate surface area is 135 Å². The van der Waals surface area contributed by atoms with E-state index in [-0.39, 0.29) is 5.60 Å². The van der Waals surface area contributed by atoms with E-state index in [0.717, 1.165) is 23.5 Å². The quantitative estimate of drug-likeness (QED) is 0.630. The summed E-state index contributed by atoms with van der Waals surface area (Å²) < 4.78 is 12.8. The van der Waals surface area contributed by atoms with Gasteiger partial charge < -0.3 is 9.15 Å². The van der Waals surface area contributed by atoms with Crippen LogP contribution in [0.25, 0.3) is 11.3 Å². The third kappa shape index (κ3) is 1.62. The molecule has 0 N–H and O–H groups in total. The highest BCUT2D eigenvalue weighted by Crippen LogP contribution is 2.57. The molecular formula is C21H18O2. The van der Waals surface area contributed by atoms with Crippen LogP contribution in [0.1, 0.15) is 36.3 Å². The van der Waals surface area contributed by atoms with Crippen molar-refractivity contribution >= 4 is 0 Å². The van der Waals surface area contributed by atoms with Crippen molar-refractivity contribution in [3.05, 3.63) is 83.1 Å². The van der Waals surface area contributed by atoms with Gasteiger partial charge >= 0.3 is 0 Å². The summed E-state index contributed by atoms with van der Waals surface area (Å²) in [6.07, 6.45) is 0.852. The maximum atomic E-state index is 6.52. The molecule has 3 heterocycles. The highest BCUT2D eigenvalue weighted by molar-refractivity contribution is 5.61. The Morgan fingerprint density at radius 2 is 1.57 bits per heavy atom. The van der Waals surface area contributed by atoms with Crippen LogP contribution in [-0.4, -0.2) is 0 Å². The summed E-state index contributed by atoms with van der Waals surface area (Å²) in [4.78, 5) is 0. The van der Waals surface area contributed by atoms with Crippen molar-refractivity contribution in [3.8, 4) is 11.3 Å². The fraction of sp³-hybridized carbons (Fsp3) is 0.238. The molecule has 0 fully saturated rings. The van der Waals surface area contributed by atoms with Crippen LogP contribution in [0.15, 0.2) is 65.1 Å². The lowest BCUT2D eigenvalue weighted by atomic mass is 9.90. The lowest BCUT2D eigenvalue weighted by Crippen LogP contribution is -2.36. The summed E-state index contributed by atoms with van der Waals surface area (Å²) in [5.41, 5.74) is 4.13. The van der Waals surface area contributed by atoms with Crippen molar-refractivity contribution in [2.24, 2.45) is 0 Å². The predicted octanol–water partition coefficient (Wildman–Crippen LogP) is 5.01. The number of ether oxygens (including phenoxy) is 1. The average molecular weight is 302 g/mol. The van der Waals surface area contributed by atoms with Crippen molar-refractivity contribution in [2.45, 2.75) is 31.5 Å². The Bertz CT molecular complexity index is 909. The average Bonchev–Trinajstić information content (AvgIpc) is 3.07. The molecule has 2 atom stereocenters. The number of benzene rings is 2. The fourth-order valence-electron chi connectivity index (χ4n) is 4.29. The van der Waals surface area contributed by atoms with Gasteiger partial charge in [0.1, 0.15) is 17.1 Å². The van der Waals surface area contributed by atoms with Crippen molar-refractivity contribution in [2.75, 3.05) is 0 Å². The lowest BCUT2D eigenvalue weighted by Gasteiger charge is -2.35. The highest BCUT2D eigenvalue weighted by atomic mass is 16.5. The second-order valence-corrected chi connectivity index (χ2v) is 6.92. The van der Waals surface area contributed by atoms with Crippen molar-refractivity contribution in [1.29, 1.82) is 0 Å². The van der Waals surface area contributed by atoms with Crippen LogP contribution in [0.5, 0.6) is 0 Å². The van der Waals surface area contributed by atoms with E-state index in [9.17, 15) is 0 Å². The maximum absolute atomic E-state index is 6.52. The Morgan fingerprint density at radius 1 is 0.870 bits per heavy atom. The Balaban J connectivity index is 1.74. The van der Waals surface area contributed by atoms with Gasteiger partial charge in [-0.05, 0) is 31.0 Å². The van der Waals surface area contributed by atoms with E-state index in [1.165, 1.54) is 16.7 Å². The molecule has 3 aromatic rings. The molecule has 2 bridgehead atoms. The first kappa shape index (κ1) is 13.1. The molecule has 1 aromatic heterocycles. The molecule has 2 unspecified atom stereocenters. The van der Waals surface area contributed by atoms with E-state index in [1.54, 1.807) is 0 Å². The molecule has 0 amide bonds. The van der Waals surface area contributed by atoms with E-state index in [2.05, 4.69) is 56.3 Å². The lowest BCUT2D eigenvalue weighted by molar-refractivity contribution is -0.124. The third-order valence-electron chi connectivity index (χ3n) is 5.27. The monoisotopic (exact) mass is 302 g/mol. The van der Waals surface area contributed by atoms with Gasteiger partial charge in [-0.3, -0.25) is 0 Å². The zero-order chi connectivity index (χ0) is 15.7. The summed E-state index contributed by atoms with van der Waals surface area (Å²) in [7, 11) is 0. The number of furan rings is 1. The molecule has 0 saturated carbocycles. The topological polar surface area (TPSA) is 22.4 Å². The van der Waals surface area contributed by atoms with Crippen molar-refractivity contribution in [1.82, 2.24) is 0 Å². The first-order chi connectivity index (χ1) is 11.1. The van der Waals surface area contributed by atoms with Crippen molar-refractivity contribution in [3.63, 3.8) is 0 Å². The summed E-state index contributed by atoms with van der Waals surface area (Å²) in [6.45, 7) is 4.32. The number of hydrogen-bond donors (Lipinski definition) is 0. The summed E-state index contributed by atoms with van der Waals surface area (Å²) >= 11 is 0. The molecule has 2 aliphatic heterocycles. The van der Waals surface area contributed by atoms with Crippen LogP contribution >= 0.6 is 0 Å². The van der Waals surface area contributed by atoms with E-state index < -0.39 is 5.60 Å². The normalized spacial score (nSPS) is 27.6. The van der Waals surface area contributed by atoms with Crippen molar-refractivity contribution < 1.29 is 9.15 Å². The van der Waals surface area contributed by atoms with Crippen LogP contribution in [-0.2, 0) is 22.4 Å². The summed E-state index contributed by atoms with van der Waals surface area (Å²) in [6, 6.07) is 21.0. The van der Waals surface area contributed by atoms with Gasteiger partial charge in [-0.1, -0.05) is 54.6 Å². The molecule has 0 spiro atoms. The first-order valence-electron chi connectivity index (χ1n) is 8.09. The molecule has 2 heteroatoms. The largest absolute Gasteiger partial charge is 0.457 e. The van der Waals surface area contributed by atoms with E-state index in [0.29, 0.717) is 0 Å². The number of fused-ring (bicyclic) bond motifs is 7. The molecule has 0 saturated heterocycles. The maximum Gasteiger partial charge on any atom is 0.150 e. The van der Waals surface area contributed by atoms with Gasteiger partial charge in [0.15, 0.2) is 0 Å². The number of hydrogen-bond acceptors (Lipinski definition) is 2. The minimum Gasteiger partial charge on any atom is -0.457 e. The molecule has 23 heavy (non-hydrogen) atoms. The van der Waals surface area contributed by atoms with Gasteiger partial charge in [0.25, 0.3) is 0 Å². The smallest absolute Gasteiger partial charge is 0.150 e. The fourth-order valence-corrected chi connectivity index (χ4v) is 4.29.